The second-order valence-corrected chi connectivity index (χ2v) is 11.0. The molecule has 0 aliphatic carbocycles. The number of rotatable bonds is 12. The van der Waals surface area contributed by atoms with Crippen LogP contribution in [-0.4, -0.2) is 66.3 Å². The zero-order valence-electron chi connectivity index (χ0n) is 25.5. The first-order valence-electron chi connectivity index (χ1n) is 14.2. The number of hydrogen-bond donors (Lipinski definition) is 2. The number of ether oxygens (including phenoxy) is 1. The Hall–Kier alpha value is -4.48. The summed E-state index contributed by atoms with van der Waals surface area (Å²) in [6.07, 6.45) is -2.05. The Balaban J connectivity index is 1.39. The minimum atomic E-state index is -4.76. The summed E-state index contributed by atoms with van der Waals surface area (Å²) < 4.78 is 41.4. The first kappa shape index (κ1) is 32.4. The van der Waals surface area contributed by atoms with E-state index in [1.165, 1.54) is 24.3 Å². The second kappa shape index (κ2) is 14.3. The molecule has 1 heterocycles. The summed E-state index contributed by atoms with van der Waals surface area (Å²) in [6, 6.07) is 18.6. The van der Waals surface area contributed by atoms with Crippen LogP contribution in [0.3, 0.4) is 0 Å². The number of nitrogens with one attached hydrogen (secondary N) is 2. The van der Waals surface area contributed by atoms with Gasteiger partial charge in [0.15, 0.2) is 0 Å². The van der Waals surface area contributed by atoms with Crippen molar-refractivity contribution in [2.45, 2.75) is 33.2 Å². The Morgan fingerprint density at radius 2 is 1.61 bits per heavy atom. The summed E-state index contributed by atoms with van der Waals surface area (Å²) in [7, 11) is 6.24. The van der Waals surface area contributed by atoms with Crippen molar-refractivity contribution in [3.63, 3.8) is 0 Å². The van der Waals surface area contributed by atoms with Gasteiger partial charge >= 0.3 is 6.36 Å². The van der Waals surface area contributed by atoms with Crippen LogP contribution < -0.4 is 15.4 Å². The molecule has 11 heteroatoms. The Kier molecular flexibility index (Phi) is 10.6. The van der Waals surface area contributed by atoms with E-state index in [0.29, 0.717) is 28.5 Å². The van der Waals surface area contributed by atoms with Crippen molar-refractivity contribution in [2.75, 3.05) is 44.9 Å². The van der Waals surface area contributed by atoms with Crippen molar-refractivity contribution >= 4 is 23.2 Å². The number of nitrogens with zero attached hydrogens (tertiary/aromatic N) is 4. The van der Waals surface area contributed by atoms with E-state index in [0.717, 1.165) is 48.4 Å². The van der Waals surface area contributed by atoms with Crippen LogP contribution in [0, 0.1) is 13.8 Å². The highest BCUT2D eigenvalue weighted by Crippen LogP contribution is 2.28. The predicted octanol–water partition coefficient (Wildman–Crippen LogP) is 7.04. The minimum absolute atomic E-state index is 0.219. The van der Waals surface area contributed by atoms with Gasteiger partial charge in [-0.05, 0) is 126 Å². The van der Waals surface area contributed by atoms with Crippen LogP contribution in [-0.2, 0) is 6.54 Å². The molecule has 0 spiro atoms. The van der Waals surface area contributed by atoms with Crippen LogP contribution >= 0.6 is 0 Å². The fourth-order valence-corrected chi connectivity index (χ4v) is 4.59. The normalized spacial score (nSPS) is 11.6. The number of amides is 1. The van der Waals surface area contributed by atoms with E-state index in [9.17, 15) is 18.0 Å². The van der Waals surface area contributed by atoms with Crippen LogP contribution in [0.2, 0.25) is 0 Å². The number of hydrogen-bond acceptors (Lipinski definition) is 7. The van der Waals surface area contributed by atoms with E-state index >= 15 is 0 Å². The van der Waals surface area contributed by atoms with Crippen molar-refractivity contribution in [1.29, 1.82) is 0 Å². The molecule has 0 saturated heterocycles. The molecule has 2 N–H and O–H groups in total. The van der Waals surface area contributed by atoms with Gasteiger partial charge in [0.05, 0.1) is 5.69 Å². The second-order valence-electron chi connectivity index (χ2n) is 11.0. The summed E-state index contributed by atoms with van der Waals surface area (Å²) in [5.74, 6) is -0.224. The molecule has 232 valence electrons. The monoisotopic (exact) mass is 606 g/mol. The standard InChI is InChI=1S/C33H37F3N6O2/c1-22-7-8-24(21-42(5)18-6-17-41(3)4)19-29(22)39-31(43)26-9-13-27(14-10-26)38-32-37-20-23(2)30(40-32)25-11-15-28(16-12-25)44-33(34,35)36/h7-16,19-20H,6,17-18,21H2,1-5H3,(H,39,43)(H,37,38,40). The number of benzene rings is 3. The molecule has 0 aliphatic rings. The molecule has 0 bridgehead atoms. The number of halogens is 3. The molecule has 0 aliphatic heterocycles. The van der Waals surface area contributed by atoms with Gasteiger partial charge in [0, 0.05) is 35.2 Å². The third kappa shape index (κ3) is 9.51. The molecule has 3 aromatic carbocycles. The third-order valence-electron chi connectivity index (χ3n) is 6.88. The summed E-state index contributed by atoms with van der Waals surface area (Å²) in [5, 5.41) is 6.16. The maximum atomic E-state index is 13.1. The summed E-state index contributed by atoms with van der Waals surface area (Å²) >= 11 is 0. The van der Waals surface area contributed by atoms with Gasteiger partial charge in [-0.1, -0.05) is 12.1 Å². The van der Waals surface area contributed by atoms with Crippen LogP contribution in [0.4, 0.5) is 30.5 Å². The highest BCUT2D eigenvalue weighted by molar-refractivity contribution is 6.04. The van der Waals surface area contributed by atoms with Crippen LogP contribution in [0.25, 0.3) is 11.3 Å². The lowest BCUT2D eigenvalue weighted by atomic mass is 10.1. The molecule has 44 heavy (non-hydrogen) atoms. The number of carbonyl (C=O) groups excluding carboxylic acids is 1. The third-order valence-corrected chi connectivity index (χ3v) is 6.88. The van der Waals surface area contributed by atoms with Crippen LogP contribution in [0.15, 0.2) is 72.9 Å². The lowest BCUT2D eigenvalue weighted by molar-refractivity contribution is -0.274. The molecule has 8 nitrogen and oxygen atoms in total. The Bertz CT molecular complexity index is 1560. The molecule has 0 unspecified atom stereocenters. The van der Waals surface area contributed by atoms with Gasteiger partial charge in [-0.15, -0.1) is 13.2 Å². The van der Waals surface area contributed by atoms with Gasteiger partial charge in [0.25, 0.3) is 5.91 Å². The van der Waals surface area contributed by atoms with Gasteiger partial charge in [0.1, 0.15) is 5.75 Å². The molecule has 1 amide bonds. The van der Waals surface area contributed by atoms with E-state index in [2.05, 4.69) is 62.3 Å². The summed E-state index contributed by atoms with van der Waals surface area (Å²) in [6.45, 7) is 6.59. The minimum Gasteiger partial charge on any atom is -0.406 e. The van der Waals surface area contributed by atoms with Crippen molar-refractivity contribution < 1.29 is 22.7 Å². The van der Waals surface area contributed by atoms with E-state index in [4.69, 9.17) is 0 Å². The lowest BCUT2D eigenvalue weighted by Crippen LogP contribution is -2.23. The fraction of sp³-hybridized carbons (Fsp3) is 0.303. The Labute approximate surface area is 255 Å². The lowest BCUT2D eigenvalue weighted by Gasteiger charge is -2.19. The molecule has 0 fully saturated rings. The van der Waals surface area contributed by atoms with Gasteiger partial charge in [0.2, 0.25) is 5.95 Å². The molecule has 0 saturated carbocycles. The van der Waals surface area contributed by atoms with Gasteiger partial charge in [-0.25, -0.2) is 9.97 Å². The first-order chi connectivity index (χ1) is 20.9. The number of aromatic nitrogens is 2. The zero-order chi connectivity index (χ0) is 31.9. The molecule has 1 aromatic heterocycles. The fourth-order valence-electron chi connectivity index (χ4n) is 4.59. The smallest absolute Gasteiger partial charge is 0.406 e. The van der Waals surface area contributed by atoms with Gasteiger partial charge < -0.3 is 25.2 Å². The van der Waals surface area contributed by atoms with Gasteiger partial charge in [-0.3, -0.25) is 4.79 Å². The van der Waals surface area contributed by atoms with Crippen molar-refractivity contribution in [1.82, 2.24) is 19.8 Å². The summed E-state index contributed by atoms with van der Waals surface area (Å²) in [5.41, 5.74) is 5.97. The predicted molar refractivity (Wildman–Crippen MR) is 167 cm³/mol. The van der Waals surface area contributed by atoms with Gasteiger partial charge in [-0.2, -0.15) is 0 Å². The number of aryl methyl sites for hydroxylation is 2. The highest BCUT2D eigenvalue weighted by atomic mass is 19.4. The average molecular weight is 607 g/mol. The van der Waals surface area contributed by atoms with E-state index in [-0.39, 0.29) is 11.7 Å². The first-order valence-corrected chi connectivity index (χ1v) is 14.2. The topological polar surface area (TPSA) is 82.6 Å². The molecular weight excluding hydrogens is 569 g/mol. The Morgan fingerprint density at radius 1 is 0.909 bits per heavy atom. The van der Waals surface area contributed by atoms with E-state index in [1.807, 2.05) is 26.0 Å². The largest absolute Gasteiger partial charge is 0.573 e. The SMILES string of the molecule is Cc1ccc(CN(C)CCCN(C)C)cc1NC(=O)c1ccc(Nc2ncc(C)c(-c3ccc(OC(F)(F)F)cc3)n2)cc1. The van der Waals surface area contributed by atoms with Crippen LogP contribution in [0.5, 0.6) is 5.75 Å². The molecule has 4 aromatic rings. The van der Waals surface area contributed by atoms with E-state index in [1.54, 1.807) is 30.5 Å². The van der Waals surface area contributed by atoms with Crippen molar-refractivity contribution in [2.24, 2.45) is 0 Å². The highest BCUT2D eigenvalue weighted by Gasteiger charge is 2.31. The van der Waals surface area contributed by atoms with Crippen molar-refractivity contribution in [3.8, 4) is 17.0 Å². The maximum absolute atomic E-state index is 13.1. The number of anilines is 3. The molecule has 4 rings (SSSR count). The number of carbonyl (C=O) groups is 1. The maximum Gasteiger partial charge on any atom is 0.573 e. The number of alkyl halides is 3. The molecule has 0 atom stereocenters. The average Bonchev–Trinajstić information content (AvgIpc) is 2.95. The van der Waals surface area contributed by atoms with E-state index < -0.39 is 6.36 Å². The Morgan fingerprint density at radius 3 is 2.27 bits per heavy atom. The summed E-state index contributed by atoms with van der Waals surface area (Å²) in [4.78, 5) is 26.4. The quantitative estimate of drug-likeness (QED) is 0.179. The molecular formula is C33H37F3N6O2. The van der Waals surface area contributed by atoms with Crippen LogP contribution in [0.1, 0.15) is 33.5 Å². The van der Waals surface area contributed by atoms with Crippen molar-refractivity contribution in [3.05, 3.63) is 95.2 Å². The molecule has 0 radical (unpaired) electrons. The zero-order valence-corrected chi connectivity index (χ0v) is 25.5.